The molecule has 0 aliphatic heterocycles. The molecule has 4 rings (SSSR count). The molecule has 0 N–H and O–H groups in total. The maximum Gasteiger partial charge on any atom is 0.332 e. The third kappa shape index (κ3) is 3.95. The molecule has 3 aromatic heterocycles. The van der Waals surface area contributed by atoms with Gasteiger partial charge in [0.1, 0.15) is 16.2 Å². The highest BCUT2D eigenvalue weighted by molar-refractivity contribution is 7.98. The number of aromatic nitrogens is 8. The summed E-state index contributed by atoms with van der Waals surface area (Å²) in [5, 5.41) is 12.9. The number of hydrogen-bond acceptors (Lipinski definition) is 8. The van der Waals surface area contributed by atoms with Crippen molar-refractivity contribution >= 4 is 22.8 Å². The van der Waals surface area contributed by atoms with E-state index in [1.54, 1.807) is 9.25 Å². The molecule has 4 aromatic rings. The van der Waals surface area contributed by atoms with Gasteiger partial charge in [-0.2, -0.15) is 4.68 Å². The van der Waals surface area contributed by atoms with E-state index < -0.39 is 5.56 Å². The Morgan fingerprint density at radius 3 is 2.53 bits per heavy atom. The molecule has 0 aliphatic rings. The number of thioether (sulfide) groups is 1. The molecule has 32 heavy (non-hydrogen) atoms. The van der Waals surface area contributed by atoms with Crippen LogP contribution >= 0.6 is 11.8 Å². The van der Waals surface area contributed by atoms with Crippen LogP contribution in [0.3, 0.4) is 0 Å². The molecule has 0 saturated carbocycles. The summed E-state index contributed by atoms with van der Waals surface area (Å²) in [5.74, 6) is 1.63. The number of tetrazole rings is 1. The fourth-order valence-corrected chi connectivity index (χ4v) is 4.27. The third-order valence-corrected chi connectivity index (χ3v) is 5.97. The van der Waals surface area contributed by atoms with E-state index in [4.69, 9.17) is 0 Å². The Bertz CT molecular complexity index is 1370. The summed E-state index contributed by atoms with van der Waals surface area (Å²) in [6, 6.07) is 9.59. The minimum absolute atomic E-state index is 0.0302. The van der Waals surface area contributed by atoms with Gasteiger partial charge in [0.25, 0.3) is 5.56 Å². The molecule has 0 atom stereocenters. The van der Waals surface area contributed by atoms with E-state index in [1.807, 2.05) is 51.1 Å². The van der Waals surface area contributed by atoms with Crippen LogP contribution in [0, 0.1) is 0 Å². The Hall–Kier alpha value is -3.34. The molecule has 0 spiro atoms. The predicted octanol–water partition coefficient (Wildman–Crippen LogP) is 2.29. The van der Waals surface area contributed by atoms with Gasteiger partial charge in [0, 0.05) is 19.5 Å². The first-order chi connectivity index (χ1) is 15.4. The third-order valence-electron chi connectivity index (χ3n) is 5.00. The van der Waals surface area contributed by atoms with E-state index in [1.165, 1.54) is 18.8 Å². The Balaban J connectivity index is 1.84. The summed E-state index contributed by atoms with van der Waals surface area (Å²) in [7, 11) is 1.48. The quantitative estimate of drug-likeness (QED) is 0.310. The molecule has 166 valence electrons. The second kappa shape index (κ2) is 9.03. The monoisotopic (exact) mass is 452 g/mol. The van der Waals surface area contributed by atoms with Crippen LogP contribution < -0.4 is 11.2 Å². The number of rotatable bonds is 7. The second-order valence-corrected chi connectivity index (χ2v) is 8.63. The lowest BCUT2D eigenvalue weighted by Crippen LogP contribution is -2.39. The molecule has 0 aliphatic carbocycles. The van der Waals surface area contributed by atoms with Crippen molar-refractivity contribution in [3.63, 3.8) is 0 Å². The summed E-state index contributed by atoms with van der Waals surface area (Å²) in [6.45, 7) is 6.41. The van der Waals surface area contributed by atoms with Crippen molar-refractivity contribution in [1.29, 1.82) is 0 Å². The number of aryl methyl sites for hydroxylation is 1. The van der Waals surface area contributed by atoms with Gasteiger partial charge in [0.05, 0.1) is 11.4 Å². The predicted molar refractivity (Wildman–Crippen MR) is 122 cm³/mol. The summed E-state index contributed by atoms with van der Waals surface area (Å²) in [6.07, 6.45) is 0.739. The lowest BCUT2D eigenvalue weighted by molar-refractivity contribution is 0.603. The largest absolute Gasteiger partial charge is 0.332 e. The van der Waals surface area contributed by atoms with E-state index in [9.17, 15) is 9.59 Å². The zero-order valence-electron chi connectivity index (χ0n) is 18.4. The van der Waals surface area contributed by atoms with E-state index in [0.29, 0.717) is 40.0 Å². The highest BCUT2D eigenvalue weighted by atomic mass is 32.2. The molecular weight excluding hydrogens is 428 g/mol. The van der Waals surface area contributed by atoms with E-state index in [-0.39, 0.29) is 11.6 Å². The number of fused-ring (bicyclic) bond motifs is 1. The van der Waals surface area contributed by atoms with Crippen molar-refractivity contribution in [3.05, 3.63) is 62.8 Å². The van der Waals surface area contributed by atoms with Crippen molar-refractivity contribution in [3.8, 4) is 5.69 Å². The minimum atomic E-state index is -0.405. The van der Waals surface area contributed by atoms with Crippen molar-refractivity contribution in [2.24, 2.45) is 7.05 Å². The van der Waals surface area contributed by atoms with Gasteiger partial charge in [-0.15, -0.1) is 5.10 Å². The van der Waals surface area contributed by atoms with Gasteiger partial charge in [-0.3, -0.25) is 13.9 Å². The first-order valence-corrected chi connectivity index (χ1v) is 11.4. The fraction of sp³-hybridized carbons (Fsp3) is 0.381. The SMILES string of the molecule is CCCn1c(=O)n(C)c(=O)c2c(SCc3nnnn3-c3ccccc3)nc(C(C)C)nc21. The van der Waals surface area contributed by atoms with Crippen LogP contribution in [0.25, 0.3) is 16.7 Å². The van der Waals surface area contributed by atoms with Gasteiger partial charge in [0.2, 0.25) is 0 Å². The summed E-state index contributed by atoms with van der Waals surface area (Å²) >= 11 is 1.36. The first-order valence-electron chi connectivity index (χ1n) is 10.4. The maximum atomic E-state index is 13.1. The molecule has 1 aromatic carbocycles. The standard InChI is InChI=1S/C21H24N8O2S/c1-5-11-28-18-16(20(30)27(4)21(28)31)19(23-17(22-18)13(2)3)32-12-15-24-25-26-29(15)14-9-7-6-8-10-14/h6-10,13H,5,11-12H2,1-4H3. The van der Waals surface area contributed by atoms with Crippen LogP contribution in [0.5, 0.6) is 0 Å². The highest BCUT2D eigenvalue weighted by Crippen LogP contribution is 2.27. The van der Waals surface area contributed by atoms with Crippen LogP contribution in [0.2, 0.25) is 0 Å². The summed E-state index contributed by atoms with van der Waals surface area (Å²) < 4.78 is 4.34. The molecule has 0 radical (unpaired) electrons. The van der Waals surface area contributed by atoms with Crippen molar-refractivity contribution < 1.29 is 0 Å². The normalized spacial score (nSPS) is 11.5. The highest BCUT2D eigenvalue weighted by Gasteiger charge is 2.20. The molecule has 0 fully saturated rings. The Morgan fingerprint density at radius 2 is 1.84 bits per heavy atom. The Morgan fingerprint density at radius 1 is 1.09 bits per heavy atom. The number of nitrogens with zero attached hydrogens (tertiary/aromatic N) is 8. The van der Waals surface area contributed by atoms with Crippen LogP contribution in [0.1, 0.15) is 44.8 Å². The zero-order chi connectivity index (χ0) is 22.8. The van der Waals surface area contributed by atoms with Gasteiger partial charge < -0.3 is 0 Å². The fourth-order valence-electron chi connectivity index (χ4n) is 3.34. The van der Waals surface area contributed by atoms with Crippen molar-refractivity contribution in [2.45, 2.75) is 50.4 Å². The van der Waals surface area contributed by atoms with E-state index in [2.05, 4.69) is 25.5 Å². The molecule has 0 saturated heterocycles. The van der Waals surface area contributed by atoms with Crippen LogP contribution in [0.4, 0.5) is 0 Å². The zero-order valence-corrected chi connectivity index (χ0v) is 19.2. The van der Waals surface area contributed by atoms with Crippen LogP contribution in [-0.2, 0) is 19.3 Å². The molecule has 3 heterocycles. The molecule has 0 unspecified atom stereocenters. The molecule has 11 heteroatoms. The second-order valence-electron chi connectivity index (χ2n) is 7.67. The summed E-state index contributed by atoms with van der Waals surface area (Å²) in [5.41, 5.74) is 0.444. The number of para-hydroxylation sites is 1. The Labute approximate surface area is 188 Å². The van der Waals surface area contributed by atoms with Gasteiger partial charge in [-0.25, -0.2) is 14.8 Å². The lowest BCUT2D eigenvalue weighted by atomic mass is 10.2. The van der Waals surface area contributed by atoms with Gasteiger partial charge in [-0.05, 0) is 29.0 Å². The van der Waals surface area contributed by atoms with Gasteiger partial charge >= 0.3 is 5.69 Å². The topological polar surface area (TPSA) is 113 Å². The van der Waals surface area contributed by atoms with Crippen molar-refractivity contribution in [2.75, 3.05) is 0 Å². The van der Waals surface area contributed by atoms with E-state index >= 15 is 0 Å². The molecule has 0 bridgehead atoms. The maximum absolute atomic E-state index is 13.1. The van der Waals surface area contributed by atoms with Gasteiger partial charge in [0.15, 0.2) is 11.5 Å². The van der Waals surface area contributed by atoms with Gasteiger partial charge in [-0.1, -0.05) is 50.7 Å². The van der Waals surface area contributed by atoms with Crippen LogP contribution in [-0.4, -0.2) is 39.3 Å². The smallest absolute Gasteiger partial charge is 0.277 e. The average Bonchev–Trinajstić information content (AvgIpc) is 3.27. The average molecular weight is 453 g/mol. The number of hydrogen-bond donors (Lipinski definition) is 0. The molecular formula is C21H24N8O2S. The van der Waals surface area contributed by atoms with Crippen LogP contribution in [0.15, 0.2) is 44.9 Å². The minimum Gasteiger partial charge on any atom is -0.277 e. The first kappa shape index (κ1) is 21.9. The molecule has 0 amide bonds. The summed E-state index contributed by atoms with van der Waals surface area (Å²) in [4.78, 5) is 35.1. The Kier molecular flexibility index (Phi) is 6.17. The lowest BCUT2D eigenvalue weighted by Gasteiger charge is -2.15. The number of benzene rings is 1. The van der Waals surface area contributed by atoms with Crippen molar-refractivity contribution in [1.82, 2.24) is 39.3 Å². The molecule has 10 nitrogen and oxygen atoms in total. The van der Waals surface area contributed by atoms with E-state index in [0.717, 1.165) is 16.7 Å².